The number of ether oxygens (including phenoxy) is 1. The van der Waals surface area contributed by atoms with Gasteiger partial charge in [0.1, 0.15) is 11.4 Å². The van der Waals surface area contributed by atoms with Gasteiger partial charge < -0.3 is 31.7 Å². The Kier molecular flexibility index (Phi) is 12.1. The van der Waals surface area contributed by atoms with Crippen LogP contribution in [0.4, 0.5) is 16.2 Å². The highest BCUT2D eigenvalue weighted by molar-refractivity contribution is 6.50. The maximum absolute atomic E-state index is 13.2. The van der Waals surface area contributed by atoms with Crippen LogP contribution in [0.1, 0.15) is 65.2 Å². The first-order chi connectivity index (χ1) is 20.9. The molecule has 1 aromatic rings. The number of primary amides is 1. The summed E-state index contributed by atoms with van der Waals surface area (Å²) in [5, 5.41) is 5.07. The van der Waals surface area contributed by atoms with E-state index in [-0.39, 0.29) is 73.5 Å². The molecule has 238 valence electrons. The summed E-state index contributed by atoms with van der Waals surface area (Å²) < 4.78 is 4.88. The van der Waals surface area contributed by atoms with Crippen molar-refractivity contribution < 1.29 is 33.5 Å². The van der Waals surface area contributed by atoms with E-state index in [0.29, 0.717) is 24.2 Å². The number of anilines is 2. The van der Waals surface area contributed by atoms with Gasteiger partial charge in [-0.05, 0) is 62.8 Å². The third kappa shape index (κ3) is 9.44. The van der Waals surface area contributed by atoms with Crippen molar-refractivity contribution in [1.29, 1.82) is 0 Å². The van der Waals surface area contributed by atoms with E-state index in [2.05, 4.69) is 20.6 Å². The van der Waals surface area contributed by atoms with Crippen molar-refractivity contribution in [3.63, 3.8) is 0 Å². The van der Waals surface area contributed by atoms with Crippen LogP contribution in [0.5, 0.6) is 0 Å². The summed E-state index contributed by atoms with van der Waals surface area (Å²) in [6, 6.07) is 5.52. The number of nitrogen functional groups attached to an aromatic ring is 1. The quantitative estimate of drug-likeness (QED) is 0.118. The average Bonchev–Trinajstić information content (AvgIpc) is 3.25. The lowest BCUT2D eigenvalue weighted by Crippen LogP contribution is -2.48. The van der Waals surface area contributed by atoms with Crippen molar-refractivity contribution >= 4 is 58.4 Å². The van der Waals surface area contributed by atoms with Gasteiger partial charge in [0, 0.05) is 48.8 Å². The fraction of sp³-hybridized carbons (Fsp3) is 0.533. The molecule has 2 atom stereocenters. The Morgan fingerprint density at radius 1 is 0.977 bits per heavy atom. The van der Waals surface area contributed by atoms with Crippen LogP contribution in [0, 0.1) is 11.8 Å². The smallest absolute Gasteiger partial charge is 0.312 e. The average molecular weight is 612 g/mol. The van der Waals surface area contributed by atoms with E-state index >= 15 is 0 Å². The summed E-state index contributed by atoms with van der Waals surface area (Å²) in [7, 11) is 1.36. The molecule has 2 aliphatic rings. The number of esters is 1. The van der Waals surface area contributed by atoms with Gasteiger partial charge in [-0.3, -0.25) is 24.0 Å². The van der Waals surface area contributed by atoms with Crippen LogP contribution in [0.25, 0.3) is 0 Å². The van der Waals surface area contributed by atoms with Crippen molar-refractivity contribution in [1.82, 2.24) is 10.2 Å². The minimum atomic E-state index is -0.854. The standard InChI is InChI=1S/C30H41N7O7/c1-17(2)26(36-24(38)12-13-25(39)37-21-10-11-22(37)16-18(15-21)29(42)44-3)28(41)35-23(5-4-14-33-30(32)43)27(40)34-20-8-6-19(31)7-9-20/h6-9,17-18,21-22H,4-5,10-16,31H2,1-3H3,(H,34,40)(H3,32,33,43). The number of aliphatic imine (C=N–C) groups is 2. The number of nitrogens with zero attached hydrogens (tertiary/aromatic N) is 3. The van der Waals surface area contributed by atoms with Crippen LogP contribution >= 0.6 is 0 Å². The first-order valence-corrected chi connectivity index (χ1v) is 14.7. The van der Waals surface area contributed by atoms with Gasteiger partial charge in [-0.2, -0.15) is 0 Å². The lowest BCUT2D eigenvalue weighted by Gasteiger charge is -2.38. The molecular weight excluding hydrogens is 570 g/mol. The van der Waals surface area contributed by atoms with E-state index in [9.17, 15) is 28.8 Å². The number of fused-ring (bicyclic) bond motifs is 2. The minimum absolute atomic E-state index is 0.0235. The number of carbonyl (C=O) groups is 6. The molecule has 6 amide bonds. The van der Waals surface area contributed by atoms with Gasteiger partial charge in [-0.25, -0.2) is 14.8 Å². The Morgan fingerprint density at radius 3 is 2.18 bits per heavy atom. The number of hydrogen-bond acceptors (Lipinski definition) is 8. The van der Waals surface area contributed by atoms with Gasteiger partial charge in [0.25, 0.3) is 11.8 Å². The highest BCUT2D eigenvalue weighted by atomic mass is 16.5. The number of nitrogens with two attached hydrogens (primary N) is 2. The predicted molar refractivity (Wildman–Crippen MR) is 164 cm³/mol. The summed E-state index contributed by atoms with van der Waals surface area (Å²) in [6.07, 6.45) is 2.68. The minimum Gasteiger partial charge on any atom is -0.469 e. The summed E-state index contributed by atoms with van der Waals surface area (Å²) >= 11 is 0. The van der Waals surface area contributed by atoms with Gasteiger partial charge in [0.2, 0.25) is 11.8 Å². The first-order valence-electron chi connectivity index (χ1n) is 14.7. The maximum Gasteiger partial charge on any atom is 0.312 e. The Labute approximate surface area is 256 Å². The number of benzene rings is 1. The fourth-order valence-electron chi connectivity index (χ4n) is 5.54. The summed E-state index contributed by atoms with van der Waals surface area (Å²) in [5.74, 6) is -3.34. The number of piperidine rings is 1. The van der Waals surface area contributed by atoms with E-state index < -0.39 is 29.7 Å². The molecule has 6 N–H and O–H groups in total. The maximum atomic E-state index is 13.2. The second kappa shape index (κ2) is 15.7. The van der Waals surface area contributed by atoms with Crippen molar-refractivity contribution in [2.45, 2.75) is 77.3 Å². The molecule has 2 bridgehead atoms. The third-order valence-corrected chi connectivity index (χ3v) is 7.68. The van der Waals surface area contributed by atoms with E-state index in [0.717, 1.165) is 12.8 Å². The van der Waals surface area contributed by atoms with Crippen LogP contribution in [-0.4, -0.2) is 77.7 Å². The summed E-state index contributed by atoms with van der Waals surface area (Å²) in [4.78, 5) is 84.9. The largest absolute Gasteiger partial charge is 0.469 e. The lowest BCUT2D eigenvalue weighted by molar-refractivity contribution is -0.151. The van der Waals surface area contributed by atoms with Crippen molar-refractivity contribution in [2.75, 3.05) is 24.7 Å². The molecule has 2 heterocycles. The van der Waals surface area contributed by atoms with Gasteiger partial charge in [-0.1, -0.05) is 13.8 Å². The number of hydrogen-bond donors (Lipinski definition) is 4. The van der Waals surface area contributed by atoms with Crippen LogP contribution in [-0.2, 0) is 28.7 Å². The fourth-order valence-corrected chi connectivity index (χ4v) is 5.54. The number of rotatable bonds is 12. The molecular formula is C30H41N7O7. The molecule has 0 aliphatic carbocycles. The SMILES string of the molecule is COC(=O)C1CC2CCC(C1)N2C(=O)CCC(=O)N=C(C(=O)N=C(CCCNC(N)=O)C(=O)Nc1ccc(N)cc1)C(C)C. The molecule has 0 aromatic heterocycles. The van der Waals surface area contributed by atoms with E-state index in [4.69, 9.17) is 16.2 Å². The molecule has 0 spiro atoms. The first kappa shape index (κ1) is 33.9. The van der Waals surface area contributed by atoms with Gasteiger partial charge in [-0.15, -0.1) is 0 Å². The monoisotopic (exact) mass is 611 g/mol. The second-order valence-corrected chi connectivity index (χ2v) is 11.3. The number of nitrogens with one attached hydrogen (secondary N) is 2. The normalized spacial score (nSPS) is 19.8. The number of urea groups is 1. The third-order valence-electron chi connectivity index (χ3n) is 7.68. The topological polar surface area (TPSA) is 216 Å². The Morgan fingerprint density at radius 2 is 1.61 bits per heavy atom. The molecule has 14 nitrogen and oxygen atoms in total. The van der Waals surface area contributed by atoms with Crippen molar-refractivity contribution in [3.05, 3.63) is 24.3 Å². The van der Waals surface area contributed by atoms with Crippen LogP contribution in [0.3, 0.4) is 0 Å². The number of carbonyl (C=O) groups excluding carboxylic acids is 6. The van der Waals surface area contributed by atoms with Crippen molar-refractivity contribution in [3.8, 4) is 0 Å². The molecule has 2 aliphatic heterocycles. The molecule has 2 fully saturated rings. The van der Waals surface area contributed by atoms with Crippen LogP contribution in [0.15, 0.2) is 34.3 Å². The van der Waals surface area contributed by atoms with E-state index in [1.165, 1.54) is 7.11 Å². The highest BCUT2D eigenvalue weighted by Gasteiger charge is 2.45. The van der Waals surface area contributed by atoms with Gasteiger partial charge in [0.05, 0.1) is 13.0 Å². The molecule has 44 heavy (non-hydrogen) atoms. The Hall–Kier alpha value is -4.62. The molecule has 2 unspecified atom stereocenters. The number of amides is 6. The molecule has 1 aromatic carbocycles. The number of methoxy groups -OCH3 is 1. The molecule has 3 rings (SSSR count). The zero-order chi connectivity index (χ0) is 32.4. The van der Waals surface area contributed by atoms with Gasteiger partial charge >= 0.3 is 12.0 Å². The van der Waals surface area contributed by atoms with E-state index in [1.54, 1.807) is 43.0 Å². The Bertz CT molecular complexity index is 1310. The lowest BCUT2D eigenvalue weighted by atomic mass is 9.90. The highest BCUT2D eigenvalue weighted by Crippen LogP contribution is 2.39. The van der Waals surface area contributed by atoms with E-state index in [1.807, 2.05) is 0 Å². The molecule has 0 saturated carbocycles. The van der Waals surface area contributed by atoms with Crippen LogP contribution in [0.2, 0.25) is 0 Å². The van der Waals surface area contributed by atoms with Crippen LogP contribution < -0.4 is 22.1 Å². The molecule has 0 radical (unpaired) electrons. The summed E-state index contributed by atoms with van der Waals surface area (Å²) in [5.41, 5.74) is 11.5. The predicted octanol–water partition coefficient (Wildman–Crippen LogP) is 1.97. The summed E-state index contributed by atoms with van der Waals surface area (Å²) in [6.45, 7) is 3.48. The van der Waals surface area contributed by atoms with Crippen molar-refractivity contribution in [2.24, 2.45) is 27.6 Å². The van der Waals surface area contributed by atoms with Gasteiger partial charge in [0.15, 0.2) is 0 Å². The molecule has 14 heteroatoms. The zero-order valence-corrected chi connectivity index (χ0v) is 25.3. The molecule has 2 saturated heterocycles. The zero-order valence-electron chi connectivity index (χ0n) is 25.3. The second-order valence-electron chi connectivity index (χ2n) is 11.3. The Balaban J connectivity index is 1.68.